The van der Waals surface area contributed by atoms with Crippen molar-refractivity contribution in [3.05, 3.63) is 53.6 Å². The molecule has 1 aliphatic rings. The number of carbonyl (C=O) groups is 1. The Morgan fingerprint density at radius 1 is 1.19 bits per heavy atom. The van der Waals surface area contributed by atoms with Crippen molar-refractivity contribution in [3.8, 4) is 17.6 Å². The number of carbonyl (C=O) groups excluding carboxylic acids is 1. The van der Waals surface area contributed by atoms with Crippen molar-refractivity contribution in [2.24, 2.45) is 0 Å². The molecule has 132 valence electrons. The molecule has 2 aromatic rings. The van der Waals surface area contributed by atoms with Gasteiger partial charge in [0.25, 0.3) is 5.91 Å². The number of hydrogen-bond donors (Lipinski definition) is 0. The zero-order valence-corrected chi connectivity index (χ0v) is 14.9. The van der Waals surface area contributed by atoms with E-state index in [4.69, 9.17) is 14.7 Å². The number of anilines is 1. The lowest BCUT2D eigenvalue weighted by Crippen LogP contribution is -2.26. The topological polar surface area (TPSA) is 62.6 Å². The maximum absolute atomic E-state index is 12.9. The van der Waals surface area contributed by atoms with E-state index in [1.165, 1.54) is 0 Å². The van der Waals surface area contributed by atoms with Crippen molar-refractivity contribution < 1.29 is 14.3 Å². The lowest BCUT2D eigenvalue weighted by Gasteiger charge is -2.15. The second-order valence-electron chi connectivity index (χ2n) is 5.89. The first-order valence-corrected chi connectivity index (χ1v) is 8.50. The summed E-state index contributed by atoms with van der Waals surface area (Å²) >= 11 is 0. The van der Waals surface area contributed by atoms with Gasteiger partial charge in [-0.25, -0.2) is 0 Å². The molecule has 0 radical (unpaired) electrons. The summed E-state index contributed by atoms with van der Waals surface area (Å²) < 4.78 is 10.7. The Morgan fingerprint density at radius 3 is 2.73 bits per heavy atom. The van der Waals surface area contributed by atoms with Crippen LogP contribution in [-0.4, -0.2) is 26.2 Å². The molecule has 0 aliphatic carbocycles. The molecule has 2 aromatic carbocycles. The predicted molar refractivity (Wildman–Crippen MR) is 101 cm³/mol. The summed E-state index contributed by atoms with van der Waals surface area (Å²) in [7, 11) is 1.55. The fraction of sp³-hybridized carbons (Fsp3) is 0.238. The molecule has 1 amide bonds. The van der Waals surface area contributed by atoms with Crippen molar-refractivity contribution in [1.82, 2.24) is 0 Å². The number of ether oxygens (including phenoxy) is 2. The molecular formula is C21H20N2O3. The molecule has 1 aliphatic heterocycles. The lowest BCUT2D eigenvalue weighted by molar-refractivity contribution is -0.113. The van der Waals surface area contributed by atoms with Gasteiger partial charge < -0.3 is 14.4 Å². The quantitative estimate of drug-likeness (QED) is 0.743. The molecule has 0 aromatic heterocycles. The Balaban J connectivity index is 1.99. The van der Waals surface area contributed by atoms with Gasteiger partial charge in [-0.2, -0.15) is 5.26 Å². The summed E-state index contributed by atoms with van der Waals surface area (Å²) in [6.07, 6.45) is 2.76. The molecule has 0 unspecified atom stereocenters. The third-order valence-electron chi connectivity index (χ3n) is 4.20. The number of hydrogen-bond acceptors (Lipinski definition) is 4. The minimum atomic E-state index is -0.0470. The lowest BCUT2D eigenvalue weighted by atomic mass is 10.0. The van der Waals surface area contributed by atoms with Gasteiger partial charge in [0.2, 0.25) is 0 Å². The van der Waals surface area contributed by atoms with Gasteiger partial charge in [0.1, 0.15) is 6.07 Å². The van der Waals surface area contributed by atoms with E-state index in [9.17, 15) is 4.79 Å². The van der Waals surface area contributed by atoms with E-state index < -0.39 is 0 Å². The number of nitrogens with zero attached hydrogens (tertiary/aromatic N) is 2. The first-order chi connectivity index (χ1) is 12.7. The highest BCUT2D eigenvalue weighted by atomic mass is 16.5. The van der Waals surface area contributed by atoms with E-state index in [-0.39, 0.29) is 12.5 Å². The highest BCUT2D eigenvalue weighted by Crippen LogP contribution is 2.38. The molecule has 0 spiro atoms. The minimum absolute atomic E-state index is 0.0109. The van der Waals surface area contributed by atoms with Gasteiger partial charge in [-0.15, -0.1) is 0 Å². The van der Waals surface area contributed by atoms with Gasteiger partial charge >= 0.3 is 0 Å². The molecule has 0 bridgehead atoms. The number of rotatable bonds is 6. The average molecular weight is 348 g/mol. The van der Waals surface area contributed by atoms with Gasteiger partial charge in [0.15, 0.2) is 18.1 Å². The first kappa shape index (κ1) is 17.6. The molecule has 0 fully saturated rings. The number of nitriles is 1. The van der Waals surface area contributed by atoms with Crippen molar-refractivity contribution in [3.63, 3.8) is 0 Å². The number of methoxy groups -OCH3 is 1. The number of fused-ring (bicyclic) bond motifs is 1. The molecule has 0 atom stereocenters. The van der Waals surface area contributed by atoms with Crippen LogP contribution in [0.2, 0.25) is 0 Å². The Kier molecular flexibility index (Phi) is 5.23. The largest absolute Gasteiger partial charge is 0.493 e. The van der Waals surface area contributed by atoms with Gasteiger partial charge in [-0.05, 0) is 36.3 Å². The van der Waals surface area contributed by atoms with E-state index in [1.54, 1.807) is 19.2 Å². The summed E-state index contributed by atoms with van der Waals surface area (Å²) in [5, 5.41) is 8.66. The molecule has 26 heavy (non-hydrogen) atoms. The molecule has 0 saturated heterocycles. The summed E-state index contributed by atoms with van der Waals surface area (Å²) in [6, 6.07) is 15.2. The summed E-state index contributed by atoms with van der Waals surface area (Å²) in [4.78, 5) is 14.7. The maximum atomic E-state index is 12.9. The molecule has 0 N–H and O–H groups in total. The van der Waals surface area contributed by atoms with Crippen LogP contribution < -0.4 is 14.4 Å². The van der Waals surface area contributed by atoms with E-state index in [0.717, 1.165) is 23.2 Å². The molecular weight excluding hydrogens is 328 g/mol. The normalized spacial score (nSPS) is 14.3. The number of amides is 1. The second kappa shape index (κ2) is 7.75. The van der Waals surface area contributed by atoms with Crippen LogP contribution in [0.25, 0.3) is 11.6 Å². The zero-order chi connectivity index (χ0) is 18.5. The summed E-state index contributed by atoms with van der Waals surface area (Å²) in [5.74, 6) is 1.04. The Bertz CT molecular complexity index is 896. The fourth-order valence-corrected chi connectivity index (χ4v) is 3.06. The van der Waals surface area contributed by atoms with Crippen LogP contribution in [0, 0.1) is 11.3 Å². The van der Waals surface area contributed by atoms with Gasteiger partial charge in [-0.1, -0.05) is 31.2 Å². The van der Waals surface area contributed by atoms with Crippen LogP contribution in [0.4, 0.5) is 5.69 Å². The van der Waals surface area contributed by atoms with E-state index in [1.807, 2.05) is 47.4 Å². The van der Waals surface area contributed by atoms with Crippen molar-refractivity contribution >= 4 is 23.2 Å². The van der Waals surface area contributed by atoms with Crippen molar-refractivity contribution in [2.45, 2.75) is 13.3 Å². The SMILES string of the molecule is CCCN1C(=O)/C(=C\c2ccc(OCC#N)c(OC)c2)c2ccccc21. The van der Waals surface area contributed by atoms with Crippen molar-refractivity contribution in [2.75, 3.05) is 25.2 Å². The number of para-hydroxylation sites is 1. The van der Waals surface area contributed by atoms with Crippen LogP contribution in [0.1, 0.15) is 24.5 Å². The van der Waals surface area contributed by atoms with Crippen molar-refractivity contribution in [1.29, 1.82) is 5.26 Å². The first-order valence-electron chi connectivity index (χ1n) is 8.50. The monoisotopic (exact) mass is 348 g/mol. The van der Waals surface area contributed by atoms with Gasteiger partial charge in [-0.3, -0.25) is 4.79 Å². The van der Waals surface area contributed by atoms with Crippen LogP contribution in [0.3, 0.4) is 0 Å². The third kappa shape index (κ3) is 3.27. The van der Waals surface area contributed by atoms with Crippen LogP contribution >= 0.6 is 0 Å². The Morgan fingerprint density at radius 2 is 2.00 bits per heavy atom. The molecule has 3 rings (SSSR count). The zero-order valence-electron chi connectivity index (χ0n) is 14.9. The Hall–Kier alpha value is -3.26. The van der Waals surface area contributed by atoms with E-state index in [0.29, 0.717) is 23.6 Å². The highest BCUT2D eigenvalue weighted by molar-refractivity contribution is 6.35. The van der Waals surface area contributed by atoms with E-state index in [2.05, 4.69) is 6.92 Å². The smallest absolute Gasteiger partial charge is 0.258 e. The molecule has 5 nitrogen and oxygen atoms in total. The van der Waals surface area contributed by atoms with Crippen LogP contribution in [0.15, 0.2) is 42.5 Å². The minimum Gasteiger partial charge on any atom is -0.493 e. The standard InChI is InChI=1S/C21H20N2O3/c1-3-11-23-18-7-5-4-6-16(18)17(21(23)24)13-15-8-9-19(26-12-10-22)20(14-15)25-2/h4-9,13-14H,3,11-12H2,1-2H3/b17-13-. The molecule has 1 heterocycles. The predicted octanol–water partition coefficient (Wildman–Crippen LogP) is 3.89. The summed E-state index contributed by atoms with van der Waals surface area (Å²) in [6.45, 7) is 2.70. The maximum Gasteiger partial charge on any atom is 0.258 e. The Labute approximate surface area is 153 Å². The average Bonchev–Trinajstić information content (AvgIpc) is 2.93. The fourth-order valence-electron chi connectivity index (χ4n) is 3.06. The summed E-state index contributed by atoms with van der Waals surface area (Å²) in [5.41, 5.74) is 3.39. The molecule has 5 heteroatoms. The van der Waals surface area contributed by atoms with E-state index >= 15 is 0 Å². The van der Waals surface area contributed by atoms with Crippen LogP contribution in [-0.2, 0) is 4.79 Å². The highest BCUT2D eigenvalue weighted by Gasteiger charge is 2.31. The second-order valence-corrected chi connectivity index (χ2v) is 5.89. The number of benzene rings is 2. The van der Waals surface area contributed by atoms with Gasteiger partial charge in [0, 0.05) is 17.7 Å². The van der Waals surface area contributed by atoms with Gasteiger partial charge in [0.05, 0.1) is 12.8 Å². The third-order valence-corrected chi connectivity index (χ3v) is 4.20. The molecule has 0 saturated carbocycles. The van der Waals surface area contributed by atoms with Crippen LogP contribution in [0.5, 0.6) is 11.5 Å².